The fourth-order valence-electron chi connectivity index (χ4n) is 2.47. The van der Waals surface area contributed by atoms with E-state index in [9.17, 15) is 13.6 Å². The Morgan fingerprint density at radius 2 is 2.09 bits per heavy atom. The van der Waals surface area contributed by atoms with E-state index < -0.39 is 17.5 Å². The van der Waals surface area contributed by atoms with Crippen LogP contribution in [0.1, 0.15) is 29.5 Å². The summed E-state index contributed by atoms with van der Waals surface area (Å²) < 4.78 is 28.6. The van der Waals surface area contributed by atoms with Gasteiger partial charge in [-0.2, -0.15) is 0 Å². The number of benzene rings is 1. The summed E-state index contributed by atoms with van der Waals surface area (Å²) in [5, 5.41) is 2.43. The number of anilines is 1. The summed E-state index contributed by atoms with van der Waals surface area (Å²) in [6.45, 7) is 1.98. The van der Waals surface area contributed by atoms with Crippen LogP contribution >= 0.6 is 0 Å². The fourth-order valence-corrected chi connectivity index (χ4v) is 2.47. The van der Waals surface area contributed by atoms with Gasteiger partial charge >= 0.3 is 0 Å². The lowest BCUT2D eigenvalue weighted by Crippen LogP contribution is -2.17. The number of hydrogen-bond donors (Lipinski definition) is 1. The van der Waals surface area contributed by atoms with Gasteiger partial charge in [-0.25, -0.2) is 13.8 Å². The van der Waals surface area contributed by atoms with Gasteiger partial charge in [-0.3, -0.25) is 9.20 Å². The molecule has 3 aromatic rings. The van der Waals surface area contributed by atoms with Crippen molar-refractivity contribution in [1.82, 2.24) is 9.38 Å². The molecule has 0 saturated heterocycles. The van der Waals surface area contributed by atoms with E-state index in [0.717, 1.165) is 24.6 Å². The average molecular weight is 315 g/mol. The zero-order valence-corrected chi connectivity index (χ0v) is 12.5. The first kappa shape index (κ1) is 15.1. The summed E-state index contributed by atoms with van der Waals surface area (Å²) in [5.74, 6) is -1.82. The van der Waals surface area contributed by atoms with Gasteiger partial charge in [0.2, 0.25) is 0 Å². The monoisotopic (exact) mass is 315 g/mol. The second-order valence-electron chi connectivity index (χ2n) is 5.16. The molecule has 1 amide bonds. The number of nitrogens with zero attached hydrogens (tertiary/aromatic N) is 2. The summed E-state index contributed by atoms with van der Waals surface area (Å²) in [6, 6.07) is 8.33. The Kier molecular flexibility index (Phi) is 4.06. The lowest BCUT2D eigenvalue weighted by molar-refractivity contribution is 0.102. The van der Waals surface area contributed by atoms with Crippen molar-refractivity contribution < 1.29 is 13.6 Å². The van der Waals surface area contributed by atoms with Gasteiger partial charge in [-0.1, -0.05) is 19.4 Å². The zero-order valence-electron chi connectivity index (χ0n) is 12.5. The van der Waals surface area contributed by atoms with E-state index in [1.54, 1.807) is 22.7 Å². The number of rotatable bonds is 4. The third-order valence-corrected chi connectivity index (χ3v) is 3.48. The maximum Gasteiger partial charge on any atom is 0.274 e. The van der Waals surface area contributed by atoms with Crippen LogP contribution in [-0.2, 0) is 6.42 Å². The van der Waals surface area contributed by atoms with Crippen LogP contribution in [0.5, 0.6) is 0 Å². The Labute approximate surface area is 131 Å². The lowest BCUT2D eigenvalue weighted by Gasteiger charge is -2.08. The van der Waals surface area contributed by atoms with Gasteiger partial charge in [0.15, 0.2) is 0 Å². The van der Waals surface area contributed by atoms with Crippen LogP contribution in [0, 0.1) is 11.6 Å². The fraction of sp³-hybridized carbons (Fsp3) is 0.176. The molecule has 3 rings (SSSR count). The summed E-state index contributed by atoms with van der Waals surface area (Å²) >= 11 is 0. The van der Waals surface area contributed by atoms with Crippen LogP contribution in [0.4, 0.5) is 14.5 Å². The molecule has 0 spiro atoms. The number of aryl methyl sites for hydroxylation is 1. The predicted octanol–water partition coefficient (Wildman–Crippen LogP) is 3.82. The zero-order chi connectivity index (χ0) is 16.4. The molecule has 0 aliphatic rings. The van der Waals surface area contributed by atoms with Crippen molar-refractivity contribution in [2.45, 2.75) is 19.8 Å². The minimum absolute atomic E-state index is 0.191. The Balaban J connectivity index is 2.03. The van der Waals surface area contributed by atoms with Crippen LogP contribution in [0.2, 0.25) is 0 Å². The van der Waals surface area contributed by atoms with E-state index in [2.05, 4.69) is 10.3 Å². The molecule has 0 fully saturated rings. The minimum atomic E-state index is -0.689. The Morgan fingerprint density at radius 3 is 2.87 bits per heavy atom. The average Bonchev–Trinajstić information content (AvgIpc) is 2.89. The maximum atomic E-state index is 13.7. The Morgan fingerprint density at radius 1 is 1.26 bits per heavy atom. The summed E-state index contributed by atoms with van der Waals surface area (Å²) in [7, 11) is 0. The third-order valence-electron chi connectivity index (χ3n) is 3.48. The quantitative estimate of drug-likeness (QED) is 0.795. The third kappa shape index (κ3) is 2.92. The van der Waals surface area contributed by atoms with E-state index in [0.29, 0.717) is 23.5 Å². The second-order valence-corrected chi connectivity index (χ2v) is 5.16. The summed E-state index contributed by atoms with van der Waals surface area (Å²) in [4.78, 5) is 17.0. The van der Waals surface area contributed by atoms with Crippen LogP contribution in [0.15, 0.2) is 42.6 Å². The van der Waals surface area contributed by atoms with E-state index in [1.807, 2.05) is 13.0 Å². The molecule has 118 valence electrons. The van der Waals surface area contributed by atoms with Gasteiger partial charge in [0.1, 0.15) is 23.0 Å². The van der Waals surface area contributed by atoms with Gasteiger partial charge in [0, 0.05) is 12.3 Å². The number of imidazole rings is 1. The largest absolute Gasteiger partial charge is 0.318 e. The van der Waals surface area contributed by atoms with Gasteiger partial charge in [-0.05, 0) is 30.7 Å². The molecule has 2 heterocycles. The van der Waals surface area contributed by atoms with Crippen LogP contribution in [0.25, 0.3) is 5.65 Å². The van der Waals surface area contributed by atoms with Gasteiger partial charge in [0.25, 0.3) is 5.91 Å². The van der Waals surface area contributed by atoms with Gasteiger partial charge < -0.3 is 5.32 Å². The number of fused-ring (bicyclic) bond motifs is 1. The van der Waals surface area contributed by atoms with E-state index in [-0.39, 0.29) is 5.69 Å². The number of halogens is 2. The molecular weight excluding hydrogens is 300 g/mol. The van der Waals surface area contributed by atoms with Crippen LogP contribution in [-0.4, -0.2) is 15.3 Å². The first-order chi connectivity index (χ1) is 11.1. The molecule has 0 atom stereocenters. The standard InChI is InChI=1S/C17H15F2N3O/c1-2-5-13-16(22-9-4-3-6-15(22)20-13)17(23)21-14-10-11(18)7-8-12(14)19/h3-4,6-10H,2,5H2,1H3,(H,21,23). The highest BCUT2D eigenvalue weighted by molar-refractivity contribution is 6.04. The molecule has 6 heteroatoms. The topological polar surface area (TPSA) is 46.4 Å². The van der Waals surface area contributed by atoms with E-state index >= 15 is 0 Å². The SMILES string of the molecule is CCCc1nc2ccccn2c1C(=O)Nc1cc(F)ccc1F. The molecule has 0 aliphatic heterocycles. The van der Waals surface area contributed by atoms with Crippen molar-refractivity contribution in [3.63, 3.8) is 0 Å². The van der Waals surface area contributed by atoms with Crippen molar-refractivity contribution in [3.05, 3.63) is 65.6 Å². The highest BCUT2D eigenvalue weighted by Crippen LogP contribution is 2.19. The molecule has 0 radical (unpaired) electrons. The minimum Gasteiger partial charge on any atom is -0.318 e. The molecule has 1 N–H and O–H groups in total. The number of nitrogens with one attached hydrogen (secondary N) is 1. The lowest BCUT2D eigenvalue weighted by atomic mass is 10.2. The number of pyridine rings is 1. The first-order valence-corrected chi connectivity index (χ1v) is 7.32. The van der Waals surface area contributed by atoms with Crippen molar-refractivity contribution >= 4 is 17.2 Å². The number of aromatic nitrogens is 2. The molecule has 23 heavy (non-hydrogen) atoms. The number of hydrogen-bond acceptors (Lipinski definition) is 2. The van der Waals surface area contributed by atoms with Gasteiger partial charge in [-0.15, -0.1) is 0 Å². The molecule has 1 aromatic carbocycles. The molecule has 0 aliphatic carbocycles. The molecule has 0 unspecified atom stereocenters. The van der Waals surface area contributed by atoms with E-state index in [4.69, 9.17) is 0 Å². The Hall–Kier alpha value is -2.76. The smallest absolute Gasteiger partial charge is 0.274 e. The van der Waals surface area contributed by atoms with E-state index in [1.165, 1.54) is 0 Å². The van der Waals surface area contributed by atoms with Crippen molar-refractivity contribution in [2.75, 3.05) is 5.32 Å². The van der Waals surface area contributed by atoms with Crippen molar-refractivity contribution in [1.29, 1.82) is 0 Å². The molecular formula is C17H15F2N3O. The van der Waals surface area contributed by atoms with Crippen LogP contribution < -0.4 is 5.32 Å². The number of amides is 1. The number of carbonyl (C=O) groups excluding carboxylic acids is 1. The molecule has 0 bridgehead atoms. The maximum absolute atomic E-state index is 13.7. The van der Waals surface area contributed by atoms with Crippen molar-refractivity contribution in [2.24, 2.45) is 0 Å². The molecule has 2 aromatic heterocycles. The van der Waals surface area contributed by atoms with Gasteiger partial charge in [0.05, 0.1) is 11.4 Å². The second kappa shape index (κ2) is 6.16. The number of carbonyl (C=O) groups is 1. The highest BCUT2D eigenvalue weighted by Gasteiger charge is 2.19. The van der Waals surface area contributed by atoms with Crippen LogP contribution in [0.3, 0.4) is 0 Å². The molecule has 4 nitrogen and oxygen atoms in total. The normalized spacial score (nSPS) is 10.9. The predicted molar refractivity (Wildman–Crippen MR) is 83.5 cm³/mol. The first-order valence-electron chi connectivity index (χ1n) is 7.32. The summed E-state index contributed by atoms with van der Waals surface area (Å²) in [6.07, 6.45) is 3.16. The Bertz CT molecular complexity index is 873. The molecule has 0 saturated carbocycles. The van der Waals surface area contributed by atoms with Crippen molar-refractivity contribution in [3.8, 4) is 0 Å². The highest BCUT2D eigenvalue weighted by atomic mass is 19.1. The summed E-state index contributed by atoms with van der Waals surface area (Å²) in [5.41, 5.74) is 1.42.